The normalized spacial score (nSPS) is 13.8. The Bertz CT molecular complexity index is 289. The Morgan fingerprint density at radius 2 is 1.80 bits per heavy atom. The van der Waals surface area contributed by atoms with Crippen molar-refractivity contribution in [1.82, 2.24) is 0 Å². The Labute approximate surface area is 94.4 Å². The number of rotatable bonds is 2. The minimum absolute atomic E-state index is 0.164. The summed E-state index contributed by atoms with van der Waals surface area (Å²) in [7, 11) is -1.73. The molecule has 0 bridgehead atoms. The van der Waals surface area contributed by atoms with Crippen LogP contribution in [0.5, 0.6) is 0 Å². The van der Waals surface area contributed by atoms with E-state index in [2.05, 4.69) is 45.7 Å². The number of hydrogen-bond acceptors (Lipinski definition) is 2. The van der Waals surface area contributed by atoms with Gasteiger partial charge in [-0.1, -0.05) is 39.8 Å². The molecule has 0 saturated heterocycles. The molecule has 3 heteroatoms. The van der Waals surface area contributed by atoms with Gasteiger partial charge in [0.15, 0.2) is 0 Å². The molecule has 1 atom stereocenters. The van der Waals surface area contributed by atoms with Crippen LogP contribution in [-0.4, -0.2) is 19.8 Å². The molecule has 0 rings (SSSR count). The maximum atomic E-state index is 11.0. The zero-order chi connectivity index (χ0) is 12.3. The number of ether oxygens (including phenoxy) is 1. The van der Waals surface area contributed by atoms with Crippen LogP contribution < -0.4 is 0 Å². The molecule has 0 N–H and O–H groups in total. The lowest BCUT2D eigenvalue weighted by atomic mass is 10.2. The van der Waals surface area contributed by atoms with Crippen LogP contribution in [0.3, 0.4) is 0 Å². The lowest BCUT2D eigenvalue weighted by Crippen LogP contribution is -2.50. The summed E-state index contributed by atoms with van der Waals surface area (Å²) < 4.78 is 5.33. The van der Waals surface area contributed by atoms with E-state index in [1.165, 1.54) is 6.92 Å². The smallest absolute Gasteiger partial charge is 0.303 e. The molecule has 0 aliphatic heterocycles. The fraction of sp³-hybridized carbons (Fsp3) is 0.750. The fourth-order valence-corrected chi connectivity index (χ4v) is 2.80. The largest absolute Gasteiger partial charge is 0.454 e. The third kappa shape index (κ3) is 3.71. The van der Waals surface area contributed by atoms with E-state index < -0.39 is 8.07 Å². The predicted molar refractivity (Wildman–Crippen MR) is 66.2 cm³/mol. The van der Waals surface area contributed by atoms with E-state index in [9.17, 15) is 4.79 Å². The first-order chi connectivity index (χ1) is 6.63. The first-order valence-corrected chi connectivity index (χ1v) is 8.30. The number of esters is 1. The first-order valence-electron chi connectivity index (χ1n) is 5.22. The van der Waals surface area contributed by atoms with Gasteiger partial charge in [-0.2, -0.15) is 0 Å². The minimum atomic E-state index is -1.73. The summed E-state index contributed by atoms with van der Waals surface area (Å²) in [6.07, 6.45) is 0. The van der Waals surface area contributed by atoms with Gasteiger partial charge in [-0.05, 0) is 12.0 Å². The van der Waals surface area contributed by atoms with Crippen LogP contribution >= 0.6 is 0 Å². The molecule has 0 fully saturated rings. The molecule has 0 aromatic rings. The lowest BCUT2D eigenvalue weighted by molar-refractivity contribution is -0.141. The average molecular weight is 226 g/mol. The molecule has 0 saturated carbocycles. The molecule has 0 aromatic heterocycles. The van der Waals surface area contributed by atoms with E-state index in [4.69, 9.17) is 4.74 Å². The molecular formula is C12H22O2Si. The van der Waals surface area contributed by atoms with Crippen molar-refractivity contribution in [1.29, 1.82) is 0 Å². The molecule has 86 valence electrons. The van der Waals surface area contributed by atoms with Gasteiger partial charge in [-0.15, -0.1) is 5.92 Å². The lowest BCUT2D eigenvalue weighted by Gasteiger charge is -2.39. The fourth-order valence-electron chi connectivity index (χ4n) is 1.05. The van der Waals surface area contributed by atoms with Crippen molar-refractivity contribution in [3.05, 3.63) is 0 Å². The van der Waals surface area contributed by atoms with Crippen LogP contribution in [0.15, 0.2) is 0 Å². The summed E-state index contributed by atoms with van der Waals surface area (Å²) in [4.78, 5) is 11.0. The maximum Gasteiger partial charge on any atom is 0.303 e. The standard InChI is InChI=1S/C12H22O2Si/c1-8-9-11(14-10(2)13)15(6,7)12(3,4)5/h11H,1-7H3. The van der Waals surface area contributed by atoms with Crippen LogP contribution in [-0.2, 0) is 9.53 Å². The highest BCUT2D eigenvalue weighted by atomic mass is 28.3. The summed E-state index contributed by atoms with van der Waals surface area (Å²) in [5.41, 5.74) is -0.208. The second-order valence-electron chi connectivity index (χ2n) is 5.36. The summed E-state index contributed by atoms with van der Waals surface area (Å²) >= 11 is 0. The first kappa shape index (κ1) is 14.2. The average Bonchev–Trinajstić information content (AvgIpc) is 2.00. The molecule has 2 nitrogen and oxygen atoms in total. The third-order valence-corrected chi connectivity index (χ3v) is 8.59. The number of carbonyl (C=O) groups excluding carboxylic acids is 1. The van der Waals surface area contributed by atoms with E-state index in [1.807, 2.05) is 0 Å². The van der Waals surface area contributed by atoms with Gasteiger partial charge in [0.1, 0.15) is 13.8 Å². The molecule has 0 aliphatic rings. The summed E-state index contributed by atoms with van der Waals surface area (Å²) in [6.45, 7) is 14.2. The molecule has 0 radical (unpaired) electrons. The van der Waals surface area contributed by atoms with Crippen LogP contribution in [0.4, 0.5) is 0 Å². The van der Waals surface area contributed by atoms with Gasteiger partial charge in [-0.3, -0.25) is 4.79 Å². The van der Waals surface area contributed by atoms with Crippen molar-refractivity contribution in [2.24, 2.45) is 0 Å². The van der Waals surface area contributed by atoms with Crippen molar-refractivity contribution in [3.63, 3.8) is 0 Å². The monoisotopic (exact) mass is 226 g/mol. The zero-order valence-corrected chi connectivity index (χ0v) is 11.9. The van der Waals surface area contributed by atoms with Crippen LogP contribution in [0.1, 0.15) is 34.6 Å². The molecule has 15 heavy (non-hydrogen) atoms. The van der Waals surface area contributed by atoms with Crippen LogP contribution in [0.2, 0.25) is 18.1 Å². The maximum absolute atomic E-state index is 11.0. The summed E-state index contributed by atoms with van der Waals surface area (Å²) in [5.74, 6) is 5.65. The van der Waals surface area contributed by atoms with Gasteiger partial charge in [0, 0.05) is 6.92 Å². The summed E-state index contributed by atoms with van der Waals surface area (Å²) in [6, 6.07) is 0. The Hall–Kier alpha value is -0.753. The molecule has 0 aliphatic carbocycles. The SMILES string of the molecule is CC#CC(OC(C)=O)[Si](C)(C)C(C)(C)C. The Morgan fingerprint density at radius 3 is 2.07 bits per heavy atom. The molecular weight excluding hydrogens is 204 g/mol. The van der Waals surface area contributed by atoms with Gasteiger partial charge in [0.2, 0.25) is 0 Å². The molecule has 0 spiro atoms. The van der Waals surface area contributed by atoms with Crippen molar-refractivity contribution >= 4 is 14.0 Å². The Morgan fingerprint density at radius 1 is 1.33 bits per heavy atom. The Balaban J connectivity index is 5.04. The van der Waals surface area contributed by atoms with Crippen LogP contribution in [0, 0.1) is 11.8 Å². The predicted octanol–water partition coefficient (Wildman–Crippen LogP) is 2.99. The van der Waals surface area contributed by atoms with Crippen LogP contribution in [0.25, 0.3) is 0 Å². The quantitative estimate of drug-likeness (QED) is 0.411. The minimum Gasteiger partial charge on any atom is -0.454 e. The second-order valence-corrected chi connectivity index (χ2v) is 10.8. The van der Waals surface area contributed by atoms with Gasteiger partial charge in [0.25, 0.3) is 0 Å². The molecule has 0 aromatic carbocycles. The van der Waals surface area contributed by atoms with Crippen molar-refractivity contribution in [3.8, 4) is 11.8 Å². The van der Waals surface area contributed by atoms with E-state index in [0.717, 1.165) is 0 Å². The van der Waals surface area contributed by atoms with Crippen molar-refractivity contribution < 1.29 is 9.53 Å². The van der Waals surface area contributed by atoms with Crippen molar-refractivity contribution in [2.75, 3.05) is 0 Å². The van der Waals surface area contributed by atoms with Gasteiger partial charge < -0.3 is 4.74 Å². The molecule has 0 amide bonds. The zero-order valence-electron chi connectivity index (χ0n) is 10.9. The van der Waals surface area contributed by atoms with E-state index in [0.29, 0.717) is 0 Å². The highest BCUT2D eigenvalue weighted by molar-refractivity contribution is 6.82. The van der Waals surface area contributed by atoms with E-state index in [-0.39, 0.29) is 16.7 Å². The molecule has 1 unspecified atom stereocenters. The van der Waals surface area contributed by atoms with Gasteiger partial charge in [0.05, 0.1) is 0 Å². The highest BCUT2D eigenvalue weighted by Crippen LogP contribution is 2.38. The summed E-state index contributed by atoms with van der Waals surface area (Å²) in [5, 5.41) is 0.164. The van der Waals surface area contributed by atoms with Gasteiger partial charge >= 0.3 is 5.97 Å². The number of hydrogen-bond donors (Lipinski definition) is 0. The van der Waals surface area contributed by atoms with Gasteiger partial charge in [-0.25, -0.2) is 0 Å². The number of carbonyl (C=O) groups is 1. The van der Waals surface area contributed by atoms with Crippen molar-refractivity contribution in [2.45, 2.75) is 58.5 Å². The topological polar surface area (TPSA) is 26.3 Å². The Kier molecular flexibility index (Phi) is 4.60. The third-order valence-electron chi connectivity index (χ3n) is 3.15. The molecule has 0 heterocycles. The highest BCUT2D eigenvalue weighted by Gasteiger charge is 2.43. The van der Waals surface area contributed by atoms with E-state index in [1.54, 1.807) is 6.92 Å². The second kappa shape index (κ2) is 4.85. The van der Waals surface area contributed by atoms with E-state index >= 15 is 0 Å².